The molecule has 1 rings (SSSR count). The summed E-state index contributed by atoms with van der Waals surface area (Å²) in [5.74, 6) is 0. The van der Waals surface area contributed by atoms with E-state index in [0.717, 1.165) is 16.9 Å². The molecule has 0 fully saturated rings. The van der Waals surface area contributed by atoms with Crippen LogP contribution >= 0.6 is 9.24 Å². The van der Waals surface area contributed by atoms with E-state index in [0.29, 0.717) is 6.54 Å². The summed E-state index contributed by atoms with van der Waals surface area (Å²) >= 11 is 0. The first-order valence-corrected chi connectivity index (χ1v) is 7.89. The molecule has 0 aliphatic carbocycles. The summed E-state index contributed by atoms with van der Waals surface area (Å²) in [6, 6.07) is 0. The molecule has 1 atom stereocenters. The molecule has 0 spiro atoms. The molecule has 1 aromatic rings. The van der Waals surface area contributed by atoms with Crippen LogP contribution in [-0.2, 0) is 11.2 Å². The Balaban J connectivity index is 2.91. The maximum atomic E-state index is 9.96. The van der Waals surface area contributed by atoms with Gasteiger partial charge in [-0.25, -0.2) is 0 Å². The first-order valence-electron chi connectivity index (χ1n) is 7.31. The third kappa shape index (κ3) is 4.80. The van der Waals surface area contributed by atoms with E-state index in [-0.39, 0.29) is 10.8 Å². The summed E-state index contributed by atoms with van der Waals surface area (Å²) in [7, 11) is 4.62. The molecule has 0 aliphatic rings. The number of aryl methyl sites for hydroxylation is 1. The number of hydrogen-bond donors (Lipinski definition) is 1. The van der Waals surface area contributed by atoms with E-state index in [1.54, 1.807) is 21.3 Å². The Morgan fingerprint density at radius 3 is 2.14 bits per heavy atom. The molecule has 119 valence electrons. The fraction of sp³-hybridized carbons (Fsp3) is 0.800. The van der Waals surface area contributed by atoms with Gasteiger partial charge in [0.05, 0.1) is 23.4 Å². The van der Waals surface area contributed by atoms with Gasteiger partial charge in [0.1, 0.15) is 0 Å². The van der Waals surface area contributed by atoms with E-state index >= 15 is 0 Å². The first-order chi connectivity index (χ1) is 9.24. The molecule has 0 saturated carbocycles. The van der Waals surface area contributed by atoms with Crippen LogP contribution in [0.5, 0.6) is 0 Å². The van der Waals surface area contributed by atoms with E-state index in [1.807, 2.05) is 18.5 Å². The molecule has 1 radical (unpaired) electrons. The van der Waals surface area contributed by atoms with Gasteiger partial charge in [0.2, 0.25) is 0 Å². The number of rotatable bonds is 6. The minimum Gasteiger partial charge on any atom is -0.429 e. The molecule has 1 aromatic heterocycles. The molecule has 0 aromatic carbocycles. The van der Waals surface area contributed by atoms with Crippen LogP contribution in [0.15, 0.2) is 0 Å². The number of aliphatic hydroxyl groups is 1. The molecule has 21 heavy (non-hydrogen) atoms. The highest BCUT2D eigenvalue weighted by Gasteiger charge is 2.34. The van der Waals surface area contributed by atoms with Crippen molar-refractivity contribution in [1.82, 2.24) is 9.78 Å². The zero-order valence-electron chi connectivity index (χ0n) is 14.6. The topological polar surface area (TPSA) is 47.3 Å². The van der Waals surface area contributed by atoms with Crippen molar-refractivity contribution >= 4 is 22.2 Å². The minimum atomic E-state index is -0.789. The quantitative estimate of drug-likeness (QED) is 0.645. The molecule has 0 bridgehead atoms. The zero-order chi connectivity index (χ0) is 16.6. The Kier molecular flexibility index (Phi) is 5.35. The lowest BCUT2D eigenvalue weighted by Gasteiger charge is -2.39. The van der Waals surface area contributed by atoms with Crippen molar-refractivity contribution in [2.75, 3.05) is 0 Å². The normalized spacial score (nSPS) is 13.6. The average Bonchev–Trinajstić information content (AvgIpc) is 2.48. The predicted octanol–water partition coefficient (Wildman–Crippen LogP) is 1.96. The van der Waals surface area contributed by atoms with Crippen molar-refractivity contribution in [3.63, 3.8) is 0 Å². The van der Waals surface area contributed by atoms with Gasteiger partial charge >= 0.3 is 7.48 Å². The van der Waals surface area contributed by atoms with Gasteiger partial charge < -0.3 is 9.76 Å². The van der Waals surface area contributed by atoms with Gasteiger partial charge in [0.25, 0.3) is 0 Å². The second-order valence-electron chi connectivity index (χ2n) is 7.52. The van der Waals surface area contributed by atoms with Crippen LogP contribution in [0.1, 0.15) is 52.9 Å². The van der Waals surface area contributed by atoms with E-state index in [9.17, 15) is 5.11 Å². The van der Waals surface area contributed by atoms with Gasteiger partial charge in [0.15, 0.2) is 0 Å². The summed E-state index contributed by atoms with van der Waals surface area (Å²) in [6.45, 7) is 16.4. The van der Waals surface area contributed by atoms with Gasteiger partial charge in [0, 0.05) is 10.9 Å². The summed E-state index contributed by atoms with van der Waals surface area (Å²) < 4.78 is 7.86. The van der Waals surface area contributed by atoms with Crippen LogP contribution in [0, 0.1) is 13.8 Å². The maximum Gasteiger partial charge on any atom is 0.334 e. The molecule has 1 unspecified atom stereocenters. The van der Waals surface area contributed by atoms with Crippen molar-refractivity contribution in [1.29, 1.82) is 0 Å². The Hall–Kier alpha value is -0.375. The maximum absolute atomic E-state index is 9.96. The van der Waals surface area contributed by atoms with E-state index in [1.165, 1.54) is 0 Å². The smallest absolute Gasteiger partial charge is 0.334 e. The highest BCUT2D eigenvalue weighted by molar-refractivity contribution is 7.19. The third-order valence-electron chi connectivity index (χ3n) is 4.00. The largest absolute Gasteiger partial charge is 0.429 e. The van der Waals surface area contributed by atoms with E-state index in [2.05, 4.69) is 42.0 Å². The van der Waals surface area contributed by atoms with E-state index in [4.69, 9.17) is 4.65 Å². The lowest BCUT2D eigenvalue weighted by Crippen LogP contribution is -2.45. The lowest BCUT2D eigenvalue weighted by atomic mass is 9.82. The second-order valence-corrected chi connectivity index (χ2v) is 8.97. The van der Waals surface area contributed by atoms with Crippen LogP contribution in [0.2, 0.25) is 0 Å². The summed E-state index contributed by atoms with van der Waals surface area (Å²) in [5, 5.41) is 14.4. The van der Waals surface area contributed by atoms with Crippen molar-refractivity contribution in [3.05, 3.63) is 11.4 Å². The van der Waals surface area contributed by atoms with Gasteiger partial charge in [-0.3, -0.25) is 4.68 Å². The molecule has 0 saturated heterocycles. The fourth-order valence-electron chi connectivity index (χ4n) is 1.76. The first kappa shape index (κ1) is 18.7. The monoisotopic (exact) mass is 311 g/mol. The third-order valence-corrected chi connectivity index (χ3v) is 4.69. The molecular formula is C15H29BN2O2P. The van der Waals surface area contributed by atoms with Crippen LogP contribution in [0.3, 0.4) is 0 Å². The predicted molar refractivity (Wildman–Crippen MR) is 92.3 cm³/mol. The van der Waals surface area contributed by atoms with Crippen LogP contribution in [-0.4, -0.2) is 38.7 Å². The lowest BCUT2D eigenvalue weighted by molar-refractivity contribution is 0.0570. The van der Waals surface area contributed by atoms with Crippen molar-refractivity contribution in [2.45, 2.75) is 78.3 Å². The molecule has 1 N–H and O–H groups in total. The number of aromatic nitrogens is 2. The second kappa shape index (κ2) is 6.02. The van der Waals surface area contributed by atoms with Crippen LogP contribution in [0.25, 0.3) is 0 Å². The van der Waals surface area contributed by atoms with Crippen molar-refractivity contribution < 1.29 is 9.76 Å². The molecule has 0 amide bonds. The summed E-state index contributed by atoms with van der Waals surface area (Å²) in [6.07, 6.45) is 0. The minimum absolute atomic E-state index is 0.0472. The van der Waals surface area contributed by atoms with E-state index < -0.39 is 5.60 Å². The van der Waals surface area contributed by atoms with Gasteiger partial charge in [-0.1, -0.05) is 13.8 Å². The van der Waals surface area contributed by atoms with Gasteiger partial charge in [-0.15, -0.1) is 9.24 Å². The Labute approximate surface area is 132 Å². The number of hydrogen-bond acceptors (Lipinski definition) is 3. The average molecular weight is 311 g/mol. The molecule has 6 heteroatoms. The molecular weight excluding hydrogens is 282 g/mol. The standard InChI is InChI=1S/C15H29BN2O2P/c1-10-12(16-20-14(5,6)15(7,8)21)11(2)18(17-10)9-13(3,4)19/h19H,9,21H2,1-8H3. The molecule has 4 nitrogen and oxygen atoms in total. The van der Waals surface area contributed by atoms with Gasteiger partial charge in [-0.2, -0.15) is 5.10 Å². The van der Waals surface area contributed by atoms with Crippen LogP contribution in [0.4, 0.5) is 0 Å². The summed E-state index contributed by atoms with van der Waals surface area (Å²) in [5.41, 5.74) is 1.81. The molecule has 0 aliphatic heterocycles. The van der Waals surface area contributed by atoms with Crippen molar-refractivity contribution in [2.24, 2.45) is 0 Å². The number of nitrogens with zero attached hydrogens (tertiary/aromatic N) is 2. The SMILES string of the molecule is Cc1nn(CC(C)(C)O)c(C)c1[B]OC(C)(C)C(C)(C)P. The summed E-state index contributed by atoms with van der Waals surface area (Å²) in [4.78, 5) is 0. The highest BCUT2D eigenvalue weighted by Crippen LogP contribution is 2.33. The Morgan fingerprint density at radius 1 is 1.19 bits per heavy atom. The zero-order valence-corrected chi connectivity index (χ0v) is 15.8. The Bertz CT molecular complexity index is 499. The van der Waals surface area contributed by atoms with Gasteiger partial charge in [-0.05, 0) is 47.0 Å². The highest BCUT2D eigenvalue weighted by atomic mass is 31.0. The Morgan fingerprint density at radius 2 is 1.71 bits per heavy atom. The molecule has 1 heterocycles. The van der Waals surface area contributed by atoms with Crippen molar-refractivity contribution in [3.8, 4) is 0 Å². The fourth-order valence-corrected chi connectivity index (χ4v) is 1.83. The van der Waals surface area contributed by atoms with Crippen LogP contribution < -0.4 is 5.46 Å².